The molecule has 1 aliphatic rings. The molecular formula is C14H20O2. The summed E-state index contributed by atoms with van der Waals surface area (Å²) in [4.78, 5) is 0. The summed E-state index contributed by atoms with van der Waals surface area (Å²) in [6, 6.07) is 8.48. The third-order valence-corrected chi connectivity index (χ3v) is 3.33. The van der Waals surface area contributed by atoms with Gasteiger partial charge in [0.05, 0.1) is 18.8 Å². The first-order chi connectivity index (χ1) is 7.81. The van der Waals surface area contributed by atoms with E-state index < -0.39 is 0 Å². The molecule has 1 aliphatic heterocycles. The molecule has 0 aromatic heterocycles. The number of hydrogen-bond acceptors (Lipinski definition) is 2. The molecule has 0 aliphatic carbocycles. The van der Waals surface area contributed by atoms with Crippen LogP contribution >= 0.6 is 0 Å². The van der Waals surface area contributed by atoms with Crippen LogP contribution in [0.4, 0.5) is 0 Å². The standard InChI is InChI=1S/C14H20O2/c1-2-12(15)7-8-14-13-6-4-3-5-11(13)9-10-16-14/h3-6,12,14-15H,2,7-10H2,1H3. The number of benzene rings is 1. The molecule has 2 nitrogen and oxygen atoms in total. The topological polar surface area (TPSA) is 29.5 Å². The highest BCUT2D eigenvalue weighted by Gasteiger charge is 2.20. The van der Waals surface area contributed by atoms with Crippen molar-refractivity contribution >= 4 is 0 Å². The molecule has 0 bridgehead atoms. The molecular weight excluding hydrogens is 200 g/mol. The van der Waals surface area contributed by atoms with E-state index in [1.807, 2.05) is 6.92 Å². The van der Waals surface area contributed by atoms with Crippen molar-refractivity contribution in [1.82, 2.24) is 0 Å². The average molecular weight is 220 g/mol. The molecule has 0 saturated heterocycles. The van der Waals surface area contributed by atoms with Gasteiger partial charge in [0.1, 0.15) is 0 Å². The Balaban J connectivity index is 2.01. The third kappa shape index (κ3) is 2.63. The van der Waals surface area contributed by atoms with Gasteiger partial charge in [-0.15, -0.1) is 0 Å². The summed E-state index contributed by atoms with van der Waals surface area (Å²) < 4.78 is 5.79. The lowest BCUT2D eigenvalue weighted by Gasteiger charge is -2.26. The summed E-state index contributed by atoms with van der Waals surface area (Å²) in [5.41, 5.74) is 2.72. The van der Waals surface area contributed by atoms with E-state index in [0.29, 0.717) is 0 Å². The van der Waals surface area contributed by atoms with Gasteiger partial charge in [-0.25, -0.2) is 0 Å². The molecule has 2 rings (SSSR count). The predicted octanol–water partition coefficient (Wildman–Crippen LogP) is 2.85. The van der Waals surface area contributed by atoms with Crippen LogP contribution in [0, 0.1) is 0 Å². The van der Waals surface area contributed by atoms with Crippen LogP contribution in [0.2, 0.25) is 0 Å². The normalized spacial score (nSPS) is 21.5. The number of aliphatic hydroxyl groups is 1. The fourth-order valence-corrected chi connectivity index (χ4v) is 2.26. The molecule has 0 radical (unpaired) electrons. The molecule has 0 spiro atoms. The van der Waals surface area contributed by atoms with Gasteiger partial charge in [-0.1, -0.05) is 31.2 Å². The van der Waals surface area contributed by atoms with E-state index in [0.717, 1.165) is 32.3 Å². The van der Waals surface area contributed by atoms with Crippen LogP contribution in [-0.4, -0.2) is 17.8 Å². The van der Waals surface area contributed by atoms with E-state index >= 15 is 0 Å². The second kappa shape index (κ2) is 5.46. The lowest BCUT2D eigenvalue weighted by Crippen LogP contribution is -2.18. The van der Waals surface area contributed by atoms with Gasteiger partial charge in [0.2, 0.25) is 0 Å². The van der Waals surface area contributed by atoms with E-state index in [1.54, 1.807) is 0 Å². The highest BCUT2D eigenvalue weighted by Crippen LogP contribution is 2.30. The maximum Gasteiger partial charge on any atom is 0.0828 e. The first-order valence-electron chi connectivity index (χ1n) is 6.18. The van der Waals surface area contributed by atoms with Crippen LogP contribution in [0.25, 0.3) is 0 Å². The summed E-state index contributed by atoms with van der Waals surface area (Å²) in [6.07, 6.45) is 3.60. The Morgan fingerprint density at radius 3 is 3.06 bits per heavy atom. The van der Waals surface area contributed by atoms with Gasteiger partial charge in [-0.3, -0.25) is 0 Å². The van der Waals surface area contributed by atoms with Crippen LogP contribution in [0.15, 0.2) is 24.3 Å². The average Bonchev–Trinajstić information content (AvgIpc) is 2.35. The van der Waals surface area contributed by atoms with Gasteiger partial charge in [-0.2, -0.15) is 0 Å². The van der Waals surface area contributed by atoms with Gasteiger partial charge < -0.3 is 9.84 Å². The number of rotatable bonds is 4. The minimum Gasteiger partial charge on any atom is -0.393 e. The zero-order valence-corrected chi connectivity index (χ0v) is 9.86. The van der Waals surface area contributed by atoms with E-state index in [1.165, 1.54) is 11.1 Å². The minimum atomic E-state index is -0.183. The fourth-order valence-electron chi connectivity index (χ4n) is 2.26. The molecule has 0 amide bonds. The van der Waals surface area contributed by atoms with Crippen LogP contribution in [0.5, 0.6) is 0 Å². The Labute approximate surface area is 97.3 Å². The summed E-state index contributed by atoms with van der Waals surface area (Å²) in [5.74, 6) is 0. The van der Waals surface area contributed by atoms with E-state index in [4.69, 9.17) is 4.74 Å². The van der Waals surface area contributed by atoms with Gasteiger partial charge in [-0.05, 0) is 36.8 Å². The molecule has 2 atom stereocenters. The van der Waals surface area contributed by atoms with E-state index in [2.05, 4.69) is 24.3 Å². The van der Waals surface area contributed by atoms with Crippen LogP contribution in [-0.2, 0) is 11.2 Å². The quantitative estimate of drug-likeness (QED) is 0.845. The molecule has 16 heavy (non-hydrogen) atoms. The Morgan fingerprint density at radius 1 is 1.44 bits per heavy atom. The molecule has 88 valence electrons. The van der Waals surface area contributed by atoms with E-state index in [9.17, 15) is 5.11 Å². The highest BCUT2D eigenvalue weighted by molar-refractivity contribution is 5.30. The first-order valence-corrected chi connectivity index (χ1v) is 6.18. The number of ether oxygens (including phenoxy) is 1. The lowest BCUT2D eigenvalue weighted by molar-refractivity contribution is 0.0245. The number of hydrogen-bond donors (Lipinski definition) is 1. The van der Waals surface area contributed by atoms with Gasteiger partial charge in [0.15, 0.2) is 0 Å². The van der Waals surface area contributed by atoms with Crippen molar-refractivity contribution in [3.05, 3.63) is 35.4 Å². The van der Waals surface area contributed by atoms with Crippen LogP contribution in [0.3, 0.4) is 0 Å². The Bertz CT molecular complexity index is 335. The monoisotopic (exact) mass is 220 g/mol. The molecule has 1 heterocycles. The maximum atomic E-state index is 9.58. The lowest BCUT2D eigenvalue weighted by atomic mass is 9.94. The summed E-state index contributed by atoms with van der Waals surface area (Å²) in [5, 5.41) is 9.58. The minimum absolute atomic E-state index is 0.183. The zero-order valence-electron chi connectivity index (χ0n) is 9.86. The summed E-state index contributed by atoms with van der Waals surface area (Å²) in [7, 11) is 0. The van der Waals surface area contributed by atoms with Crippen LogP contribution < -0.4 is 0 Å². The van der Waals surface area contributed by atoms with Crippen molar-refractivity contribution < 1.29 is 9.84 Å². The fraction of sp³-hybridized carbons (Fsp3) is 0.571. The molecule has 0 fully saturated rings. The Morgan fingerprint density at radius 2 is 2.25 bits per heavy atom. The molecule has 2 heteroatoms. The second-order valence-electron chi connectivity index (χ2n) is 4.45. The largest absolute Gasteiger partial charge is 0.393 e. The van der Waals surface area contributed by atoms with Crippen molar-refractivity contribution in [2.24, 2.45) is 0 Å². The van der Waals surface area contributed by atoms with Crippen LogP contribution in [0.1, 0.15) is 43.4 Å². The molecule has 1 aromatic rings. The van der Waals surface area contributed by atoms with Gasteiger partial charge in [0.25, 0.3) is 0 Å². The van der Waals surface area contributed by atoms with E-state index in [-0.39, 0.29) is 12.2 Å². The predicted molar refractivity (Wildman–Crippen MR) is 64.4 cm³/mol. The van der Waals surface area contributed by atoms with Gasteiger partial charge in [0, 0.05) is 0 Å². The molecule has 1 aromatic carbocycles. The maximum absolute atomic E-state index is 9.58. The van der Waals surface area contributed by atoms with Crippen molar-refractivity contribution in [2.45, 2.75) is 44.8 Å². The third-order valence-electron chi connectivity index (χ3n) is 3.33. The Kier molecular flexibility index (Phi) is 3.97. The van der Waals surface area contributed by atoms with Crippen molar-refractivity contribution in [3.8, 4) is 0 Å². The summed E-state index contributed by atoms with van der Waals surface area (Å²) >= 11 is 0. The first kappa shape index (κ1) is 11.6. The molecule has 1 N–H and O–H groups in total. The Hall–Kier alpha value is -0.860. The van der Waals surface area contributed by atoms with Crippen molar-refractivity contribution in [2.75, 3.05) is 6.61 Å². The zero-order chi connectivity index (χ0) is 11.4. The smallest absolute Gasteiger partial charge is 0.0828 e. The molecule has 0 saturated carbocycles. The number of aliphatic hydroxyl groups excluding tert-OH is 1. The van der Waals surface area contributed by atoms with Gasteiger partial charge >= 0.3 is 0 Å². The van der Waals surface area contributed by atoms with Crippen molar-refractivity contribution in [3.63, 3.8) is 0 Å². The second-order valence-corrected chi connectivity index (χ2v) is 4.45. The SMILES string of the molecule is CCC(O)CCC1OCCc2ccccc21. The molecule has 2 unspecified atom stereocenters. The highest BCUT2D eigenvalue weighted by atomic mass is 16.5. The number of fused-ring (bicyclic) bond motifs is 1. The summed E-state index contributed by atoms with van der Waals surface area (Å²) in [6.45, 7) is 2.82. The van der Waals surface area contributed by atoms with Crippen molar-refractivity contribution in [1.29, 1.82) is 0 Å².